The van der Waals surface area contributed by atoms with Gasteiger partial charge in [-0.3, -0.25) is 14.9 Å². The third kappa shape index (κ3) is 4.48. The Morgan fingerprint density at radius 1 is 1.32 bits per heavy atom. The Labute approximate surface area is 132 Å². The molecule has 1 fully saturated rings. The number of nitrogens with one attached hydrogen (secondary N) is 1. The van der Waals surface area contributed by atoms with E-state index in [0.717, 1.165) is 24.7 Å². The lowest BCUT2D eigenvalue weighted by Crippen LogP contribution is -2.32. The van der Waals surface area contributed by atoms with Crippen molar-refractivity contribution in [3.8, 4) is 0 Å². The normalized spacial score (nSPS) is 15.5. The number of nitrogens with zero attached hydrogens (tertiary/aromatic N) is 2. The maximum absolute atomic E-state index is 11.3. The molecule has 1 N–H and O–H groups in total. The minimum Gasteiger partial charge on any atom is -0.374 e. The number of benzene rings is 1. The highest BCUT2D eigenvalue weighted by Gasteiger charge is 2.16. The summed E-state index contributed by atoms with van der Waals surface area (Å²) < 4.78 is 0. The first-order chi connectivity index (χ1) is 10.6. The van der Waals surface area contributed by atoms with Crippen molar-refractivity contribution in [3.63, 3.8) is 0 Å². The molecule has 120 valence electrons. The third-order valence-electron chi connectivity index (χ3n) is 4.33. The summed E-state index contributed by atoms with van der Waals surface area (Å²) in [6.07, 6.45) is 3.25. The van der Waals surface area contributed by atoms with Gasteiger partial charge in [-0.05, 0) is 43.0 Å². The lowest BCUT2D eigenvalue weighted by Gasteiger charge is -2.32. The van der Waals surface area contributed by atoms with Crippen LogP contribution in [-0.4, -0.2) is 39.0 Å². The molecule has 5 nitrogen and oxygen atoms in total. The first kappa shape index (κ1) is 16.3. The molecule has 5 heteroatoms. The van der Waals surface area contributed by atoms with Crippen molar-refractivity contribution in [2.75, 3.05) is 36.5 Å². The quantitative estimate of drug-likeness (QED) is 0.817. The zero-order valence-electron chi connectivity index (χ0n) is 13.4. The van der Waals surface area contributed by atoms with Gasteiger partial charge in [0.1, 0.15) is 0 Å². The van der Waals surface area contributed by atoms with Crippen LogP contribution in [0.25, 0.3) is 0 Å². The van der Waals surface area contributed by atoms with Crippen molar-refractivity contribution in [2.24, 2.45) is 5.92 Å². The van der Waals surface area contributed by atoms with Crippen LogP contribution < -0.4 is 15.1 Å². The molecule has 1 aliphatic heterocycles. The van der Waals surface area contributed by atoms with Crippen LogP contribution in [0, 0.1) is 5.92 Å². The van der Waals surface area contributed by atoms with Crippen LogP contribution in [0.5, 0.6) is 0 Å². The molecule has 22 heavy (non-hydrogen) atoms. The molecule has 2 amide bonds. The van der Waals surface area contributed by atoms with E-state index in [0.29, 0.717) is 19.4 Å². The van der Waals surface area contributed by atoms with Gasteiger partial charge in [0.15, 0.2) is 0 Å². The van der Waals surface area contributed by atoms with Gasteiger partial charge in [-0.1, -0.05) is 6.92 Å². The molecule has 1 aromatic carbocycles. The predicted molar refractivity (Wildman–Crippen MR) is 89.1 cm³/mol. The summed E-state index contributed by atoms with van der Waals surface area (Å²) in [6, 6.07) is 8.47. The SMILES string of the molecule is CC1CCN(c2ccc(N(C)CCC(=O)NC=O)cc2)CC1. The molecule has 1 aliphatic rings. The van der Waals surface area contributed by atoms with Gasteiger partial charge in [-0.2, -0.15) is 0 Å². The summed E-state index contributed by atoms with van der Waals surface area (Å²) in [7, 11) is 1.95. The van der Waals surface area contributed by atoms with Crippen LogP contribution in [0.2, 0.25) is 0 Å². The van der Waals surface area contributed by atoms with Gasteiger partial charge in [-0.15, -0.1) is 0 Å². The Hall–Kier alpha value is -2.04. The molecule has 0 atom stereocenters. The number of anilines is 2. The molecule has 2 rings (SSSR count). The van der Waals surface area contributed by atoms with E-state index >= 15 is 0 Å². The molecule has 1 aromatic rings. The third-order valence-corrected chi connectivity index (χ3v) is 4.33. The molecular weight excluding hydrogens is 278 g/mol. The van der Waals surface area contributed by atoms with Gasteiger partial charge in [0.25, 0.3) is 0 Å². The van der Waals surface area contributed by atoms with E-state index in [1.54, 1.807) is 0 Å². The minimum absolute atomic E-state index is 0.249. The van der Waals surface area contributed by atoms with Crippen LogP contribution >= 0.6 is 0 Å². The van der Waals surface area contributed by atoms with Crippen LogP contribution in [0.15, 0.2) is 24.3 Å². The van der Waals surface area contributed by atoms with Crippen molar-refractivity contribution in [1.82, 2.24) is 5.32 Å². The number of imide groups is 1. The Bertz CT molecular complexity index is 493. The maximum Gasteiger partial charge on any atom is 0.228 e. The second kappa shape index (κ2) is 7.82. The lowest BCUT2D eigenvalue weighted by molar-refractivity contribution is -0.125. The van der Waals surface area contributed by atoms with Gasteiger partial charge in [0, 0.05) is 44.5 Å². The summed E-state index contributed by atoms with van der Waals surface area (Å²) in [5.74, 6) is 0.583. The average molecular weight is 303 g/mol. The minimum atomic E-state index is -0.249. The fourth-order valence-electron chi connectivity index (χ4n) is 2.72. The molecule has 0 unspecified atom stereocenters. The topological polar surface area (TPSA) is 52.6 Å². The molecule has 0 spiro atoms. The van der Waals surface area contributed by atoms with E-state index in [4.69, 9.17) is 0 Å². The van der Waals surface area contributed by atoms with E-state index < -0.39 is 0 Å². The van der Waals surface area contributed by atoms with Gasteiger partial charge < -0.3 is 9.80 Å². The zero-order valence-corrected chi connectivity index (χ0v) is 13.4. The molecular formula is C17H25N3O2. The van der Waals surface area contributed by atoms with Crippen molar-refractivity contribution < 1.29 is 9.59 Å². The van der Waals surface area contributed by atoms with Gasteiger partial charge >= 0.3 is 0 Å². The molecule has 0 aliphatic carbocycles. The molecule has 0 saturated carbocycles. The highest BCUT2D eigenvalue weighted by atomic mass is 16.2. The monoisotopic (exact) mass is 303 g/mol. The second-order valence-corrected chi connectivity index (χ2v) is 6.04. The first-order valence-corrected chi connectivity index (χ1v) is 7.89. The largest absolute Gasteiger partial charge is 0.374 e. The summed E-state index contributed by atoms with van der Waals surface area (Å²) >= 11 is 0. The van der Waals surface area contributed by atoms with Crippen LogP contribution in [-0.2, 0) is 9.59 Å². The second-order valence-electron chi connectivity index (χ2n) is 6.04. The fraction of sp³-hybridized carbons (Fsp3) is 0.529. The molecule has 1 saturated heterocycles. The van der Waals surface area contributed by atoms with Crippen molar-refractivity contribution in [1.29, 1.82) is 0 Å². The summed E-state index contributed by atoms with van der Waals surface area (Å²) in [4.78, 5) is 25.9. The van der Waals surface area contributed by atoms with Crippen LogP contribution in [0.4, 0.5) is 11.4 Å². The van der Waals surface area contributed by atoms with E-state index in [1.165, 1.54) is 18.5 Å². The number of hydrogen-bond donors (Lipinski definition) is 1. The van der Waals surface area contributed by atoms with Crippen molar-refractivity contribution >= 4 is 23.7 Å². The van der Waals surface area contributed by atoms with E-state index in [2.05, 4.69) is 41.4 Å². The summed E-state index contributed by atoms with van der Waals surface area (Å²) in [5, 5.41) is 2.16. The van der Waals surface area contributed by atoms with Crippen molar-refractivity contribution in [3.05, 3.63) is 24.3 Å². The number of piperidine rings is 1. The highest BCUT2D eigenvalue weighted by molar-refractivity contribution is 5.86. The molecule has 0 aromatic heterocycles. The lowest BCUT2D eigenvalue weighted by atomic mass is 9.99. The van der Waals surface area contributed by atoms with Gasteiger partial charge in [-0.25, -0.2) is 0 Å². The van der Waals surface area contributed by atoms with Crippen molar-refractivity contribution in [2.45, 2.75) is 26.2 Å². The Morgan fingerprint density at radius 2 is 1.95 bits per heavy atom. The number of carbonyl (C=O) groups excluding carboxylic acids is 2. The fourth-order valence-corrected chi connectivity index (χ4v) is 2.72. The Kier molecular flexibility index (Phi) is 5.81. The Morgan fingerprint density at radius 3 is 2.55 bits per heavy atom. The number of carbonyl (C=O) groups is 2. The first-order valence-electron chi connectivity index (χ1n) is 7.89. The van der Waals surface area contributed by atoms with Gasteiger partial charge in [0.2, 0.25) is 12.3 Å². The Balaban J connectivity index is 1.88. The zero-order chi connectivity index (χ0) is 15.9. The van der Waals surface area contributed by atoms with E-state index in [9.17, 15) is 9.59 Å². The molecule has 1 heterocycles. The van der Waals surface area contributed by atoms with E-state index in [1.807, 2.05) is 11.9 Å². The molecule has 0 radical (unpaired) electrons. The average Bonchev–Trinajstić information content (AvgIpc) is 2.54. The standard InChI is InChI=1S/C17H25N3O2/c1-14-7-11-20(12-8-14)16-5-3-15(4-6-16)19(2)10-9-17(22)18-13-21/h3-6,13-14H,7-12H2,1-2H3,(H,18,21,22). The van der Waals surface area contributed by atoms with Crippen LogP contribution in [0.1, 0.15) is 26.2 Å². The van der Waals surface area contributed by atoms with Crippen LogP contribution in [0.3, 0.4) is 0 Å². The van der Waals surface area contributed by atoms with E-state index in [-0.39, 0.29) is 5.91 Å². The predicted octanol–water partition coefficient (Wildman–Crippen LogP) is 2.02. The summed E-state index contributed by atoms with van der Waals surface area (Å²) in [5.41, 5.74) is 2.34. The number of hydrogen-bond acceptors (Lipinski definition) is 4. The number of rotatable bonds is 6. The van der Waals surface area contributed by atoms with Gasteiger partial charge in [0.05, 0.1) is 0 Å². The maximum atomic E-state index is 11.3. The highest BCUT2D eigenvalue weighted by Crippen LogP contribution is 2.25. The number of amides is 2. The smallest absolute Gasteiger partial charge is 0.228 e. The summed E-state index contributed by atoms with van der Waals surface area (Å²) in [6.45, 7) is 5.15. The molecule has 0 bridgehead atoms.